The number of likely N-dealkylation sites (N-methyl/N-ethyl adjacent to an activating group) is 1. The van der Waals surface area contributed by atoms with Crippen molar-refractivity contribution in [3.8, 4) is 0 Å². The summed E-state index contributed by atoms with van der Waals surface area (Å²) in [5.41, 5.74) is 3.93. The van der Waals surface area contributed by atoms with Crippen molar-refractivity contribution in [1.82, 2.24) is 10.3 Å². The van der Waals surface area contributed by atoms with Gasteiger partial charge in [-0.25, -0.2) is 0 Å². The number of nitrogens with one attached hydrogen (secondary N) is 2. The second kappa shape index (κ2) is 4.09. The summed E-state index contributed by atoms with van der Waals surface area (Å²) in [6.45, 7) is 8.25. The van der Waals surface area contributed by atoms with Crippen molar-refractivity contribution in [1.29, 1.82) is 0 Å². The Hall–Kier alpha value is -1.32. The van der Waals surface area contributed by atoms with Crippen LogP contribution in [0, 0.1) is 6.92 Å². The molecule has 0 atom stereocenters. The van der Waals surface area contributed by atoms with Crippen LogP contribution in [0.1, 0.15) is 25.1 Å². The molecule has 0 spiro atoms. The van der Waals surface area contributed by atoms with Crippen LogP contribution in [0.4, 0.5) is 0 Å². The fourth-order valence-corrected chi connectivity index (χ4v) is 3.26. The summed E-state index contributed by atoms with van der Waals surface area (Å²) in [7, 11) is 2.03. The molecule has 0 aliphatic carbocycles. The predicted molar refractivity (Wildman–Crippen MR) is 78.7 cm³/mol. The lowest BCUT2D eigenvalue weighted by Gasteiger charge is -2.52. The zero-order chi connectivity index (χ0) is 13.7. The van der Waals surface area contributed by atoms with Crippen molar-refractivity contribution in [3.63, 3.8) is 0 Å². The Labute approximate surface area is 114 Å². The van der Waals surface area contributed by atoms with Gasteiger partial charge in [-0.3, -0.25) is 0 Å². The highest BCUT2D eigenvalue weighted by Gasteiger charge is 2.53. The maximum Gasteiger partial charge on any atom is 0.0620 e. The van der Waals surface area contributed by atoms with Gasteiger partial charge in [-0.15, -0.1) is 0 Å². The Kier molecular flexibility index (Phi) is 2.73. The van der Waals surface area contributed by atoms with Crippen molar-refractivity contribution < 1.29 is 4.74 Å². The minimum atomic E-state index is 0.000967. The number of rotatable bonds is 3. The van der Waals surface area contributed by atoms with E-state index in [0.717, 1.165) is 13.2 Å². The normalized spacial score (nSPS) is 18.5. The average Bonchev–Trinajstić information content (AvgIpc) is 2.65. The molecule has 19 heavy (non-hydrogen) atoms. The van der Waals surface area contributed by atoms with Gasteiger partial charge in [0.15, 0.2) is 0 Å². The number of hydrogen-bond donors (Lipinski definition) is 2. The van der Waals surface area contributed by atoms with Crippen molar-refractivity contribution in [2.24, 2.45) is 0 Å². The maximum atomic E-state index is 5.60. The van der Waals surface area contributed by atoms with Gasteiger partial charge in [-0.05, 0) is 39.4 Å². The molecule has 0 bridgehead atoms. The lowest BCUT2D eigenvalue weighted by molar-refractivity contribution is -0.0986. The topological polar surface area (TPSA) is 37.0 Å². The van der Waals surface area contributed by atoms with Crippen LogP contribution in [0.2, 0.25) is 0 Å². The van der Waals surface area contributed by atoms with E-state index in [1.807, 2.05) is 7.05 Å². The molecule has 3 heteroatoms. The first-order chi connectivity index (χ1) is 9.02. The second-order valence-corrected chi connectivity index (χ2v) is 6.12. The number of aromatic nitrogens is 1. The zero-order valence-corrected chi connectivity index (χ0v) is 12.1. The molecule has 2 heterocycles. The summed E-state index contributed by atoms with van der Waals surface area (Å²) in [5.74, 6) is 0. The van der Waals surface area contributed by atoms with E-state index in [1.165, 1.54) is 22.2 Å². The van der Waals surface area contributed by atoms with Crippen LogP contribution in [-0.2, 0) is 10.2 Å². The first kappa shape index (κ1) is 12.7. The summed E-state index contributed by atoms with van der Waals surface area (Å²) in [4.78, 5) is 3.51. The third-order valence-electron chi connectivity index (χ3n) is 4.89. The Balaban J connectivity index is 2.25. The van der Waals surface area contributed by atoms with E-state index in [2.05, 4.69) is 55.3 Å². The molecule has 2 aromatic rings. The number of ether oxygens (including phenoxy) is 1. The van der Waals surface area contributed by atoms with Crippen LogP contribution < -0.4 is 5.32 Å². The Morgan fingerprint density at radius 3 is 2.53 bits per heavy atom. The molecule has 0 radical (unpaired) electrons. The molecule has 1 aliphatic rings. The molecule has 102 valence electrons. The van der Waals surface area contributed by atoms with Gasteiger partial charge in [-0.1, -0.05) is 18.2 Å². The number of hydrogen-bond acceptors (Lipinski definition) is 2. The molecule has 3 rings (SSSR count). The molecule has 0 unspecified atom stereocenters. The largest absolute Gasteiger partial charge is 0.379 e. The van der Waals surface area contributed by atoms with Gasteiger partial charge >= 0.3 is 0 Å². The summed E-state index contributed by atoms with van der Waals surface area (Å²) < 4.78 is 5.60. The van der Waals surface area contributed by atoms with Gasteiger partial charge in [0.05, 0.1) is 18.6 Å². The Morgan fingerprint density at radius 1 is 1.26 bits per heavy atom. The minimum Gasteiger partial charge on any atom is -0.379 e. The average molecular weight is 258 g/mol. The molecule has 1 fully saturated rings. The summed E-state index contributed by atoms with van der Waals surface area (Å²) >= 11 is 0. The first-order valence-electron chi connectivity index (χ1n) is 6.86. The van der Waals surface area contributed by atoms with E-state index < -0.39 is 0 Å². The summed E-state index contributed by atoms with van der Waals surface area (Å²) in [6.07, 6.45) is 0. The maximum absolute atomic E-state index is 5.60. The summed E-state index contributed by atoms with van der Waals surface area (Å²) in [5, 5.41) is 4.80. The van der Waals surface area contributed by atoms with Gasteiger partial charge in [0.2, 0.25) is 0 Å². The van der Waals surface area contributed by atoms with Crippen molar-refractivity contribution >= 4 is 10.9 Å². The molecule has 2 N–H and O–H groups in total. The molecule has 1 aromatic heterocycles. The quantitative estimate of drug-likeness (QED) is 0.888. The van der Waals surface area contributed by atoms with E-state index in [9.17, 15) is 0 Å². The van der Waals surface area contributed by atoms with E-state index in [0.29, 0.717) is 0 Å². The summed E-state index contributed by atoms with van der Waals surface area (Å²) in [6, 6.07) is 8.54. The van der Waals surface area contributed by atoms with Gasteiger partial charge in [-0.2, -0.15) is 0 Å². The van der Waals surface area contributed by atoms with Crippen molar-refractivity contribution in [2.75, 3.05) is 20.3 Å². The van der Waals surface area contributed by atoms with Crippen LogP contribution in [0.5, 0.6) is 0 Å². The fourth-order valence-electron chi connectivity index (χ4n) is 3.26. The van der Waals surface area contributed by atoms with Crippen molar-refractivity contribution in [3.05, 3.63) is 35.5 Å². The third kappa shape index (κ3) is 1.58. The number of aromatic amines is 1. The number of H-pyrrole nitrogens is 1. The highest BCUT2D eigenvalue weighted by atomic mass is 16.5. The van der Waals surface area contributed by atoms with Crippen LogP contribution in [0.3, 0.4) is 0 Å². The zero-order valence-electron chi connectivity index (χ0n) is 12.1. The fraction of sp³-hybridized carbons (Fsp3) is 0.500. The van der Waals surface area contributed by atoms with E-state index in [4.69, 9.17) is 4.74 Å². The van der Waals surface area contributed by atoms with E-state index in [-0.39, 0.29) is 11.0 Å². The van der Waals surface area contributed by atoms with Gasteiger partial charge in [0.1, 0.15) is 0 Å². The lowest BCUT2D eigenvalue weighted by atomic mass is 9.64. The predicted octanol–water partition coefficient (Wildman–Crippen LogP) is 2.74. The highest BCUT2D eigenvalue weighted by molar-refractivity contribution is 5.86. The molecule has 0 saturated carbocycles. The lowest BCUT2D eigenvalue weighted by Crippen LogP contribution is -2.65. The molecular weight excluding hydrogens is 236 g/mol. The molecule has 1 aliphatic heterocycles. The number of fused-ring (bicyclic) bond motifs is 1. The number of para-hydroxylation sites is 1. The molecule has 0 amide bonds. The minimum absolute atomic E-state index is 0.000967. The van der Waals surface area contributed by atoms with Gasteiger partial charge in [0, 0.05) is 22.1 Å². The SMILES string of the molecule is CNC(C)(C)C1(c2c(C)[nH]c3ccccc23)COC1. The number of benzene rings is 1. The molecule has 3 nitrogen and oxygen atoms in total. The smallest absolute Gasteiger partial charge is 0.0620 e. The highest BCUT2D eigenvalue weighted by Crippen LogP contribution is 2.46. The molecule has 1 saturated heterocycles. The van der Waals surface area contributed by atoms with Crippen LogP contribution in [0.25, 0.3) is 10.9 Å². The van der Waals surface area contributed by atoms with E-state index >= 15 is 0 Å². The van der Waals surface area contributed by atoms with Gasteiger partial charge in [0.25, 0.3) is 0 Å². The third-order valence-corrected chi connectivity index (χ3v) is 4.89. The van der Waals surface area contributed by atoms with E-state index in [1.54, 1.807) is 0 Å². The standard InChI is InChI=1S/C16H22N2O/c1-11-14(12-7-5-6-8-13(12)18-11)16(9-19-10-16)15(2,3)17-4/h5-8,17-18H,9-10H2,1-4H3. The van der Waals surface area contributed by atoms with Crippen LogP contribution in [-0.4, -0.2) is 30.8 Å². The van der Waals surface area contributed by atoms with Crippen LogP contribution in [0.15, 0.2) is 24.3 Å². The monoisotopic (exact) mass is 258 g/mol. The molecule has 1 aromatic carbocycles. The Morgan fingerprint density at radius 2 is 1.95 bits per heavy atom. The van der Waals surface area contributed by atoms with Gasteiger partial charge < -0.3 is 15.0 Å². The second-order valence-electron chi connectivity index (χ2n) is 6.12. The molecular formula is C16H22N2O. The first-order valence-corrected chi connectivity index (χ1v) is 6.86. The Bertz CT molecular complexity index is 608. The number of aryl methyl sites for hydroxylation is 1. The van der Waals surface area contributed by atoms with Crippen LogP contribution >= 0.6 is 0 Å². The van der Waals surface area contributed by atoms with Crippen molar-refractivity contribution in [2.45, 2.75) is 31.7 Å².